The molecule has 1 fully saturated rings. The van der Waals surface area contributed by atoms with Crippen LogP contribution in [-0.2, 0) is 0 Å². The molecule has 7 nitrogen and oxygen atoms in total. The number of piperazine rings is 1. The van der Waals surface area contributed by atoms with Crippen molar-refractivity contribution in [2.45, 2.75) is 32.9 Å². The summed E-state index contributed by atoms with van der Waals surface area (Å²) < 4.78 is 5.67. The van der Waals surface area contributed by atoms with Crippen molar-refractivity contribution in [1.29, 1.82) is 0 Å². The zero-order valence-electron chi connectivity index (χ0n) is 21.2. The maximum absolute atomic E-state index is 13.1. The van der Waals surface area contributed by atoms with Crippen LogP contribution in [0.2, 0.25) is 10.0 Å². The molecule has 9 heteroatoms. The van der Waals surface area contributed by atoms with Gasteiger partial charge in [0.25, 0.3) is 5.91 Å². The molecule has 3 heterocycles. The zero-order valence-corrected chi connectivity index (χ0v) is 22.7. The van der Waals surface area contributed by atoms with Gasteiger partial charge >= 0.3 is 0 Å². The highest BCUT2D eigenvalue weighted by Crippen LogP contribution is 2.32. The number of carbonyl (C=O) groups excluding carboxylic acids is 1. The highest BCUT2D eigenvalue weighted by Gasteiger charge is 2.27. The molecule has 0 aliphatic carbocycles. The first-order chi connectivity index (χ1) is 17.7. The first-order valence-electron chi connectivity index (χ1n) is 12.2. The van der Waals surface area contributed by atoms with Crippen LogP contribution in [0.5, 0.6) is 0 Å². The molecule has 0 spiro atoms. The van der Waals surface area contributed by atoms with Crippen molar-refractivity contribution in [3.05, 3.63) is 76.1 Å². The maximum Gasteiger partial charge on any atom is 0.257 e. The van der Waals surface area contributed by atoms with Crippen LogP contribution in [0.3, 0.4) is 0 Å². The molecule has 1 aliphatic rings. The second kappa shape index (κ2) is 10.2. The van der Waals surface area contributed by atoms with E-state index in [0.717, 1.165) is 30.2 Å². The fourth-order valence-corrected chi connectivity index (χ4v) is 5.11. The van der Waals surface area contributed by atoms with Gasteiger partial charge in [-0.25, -0.2) is 4.98 Å². The van der Waals surface area contributed by atoms with Gasteiger partial charge in [-0.3, -0.25) is 9.69 Å². The molecule has 1 amide bonds. The van der Waals surface area contributed by atoms with E-state index in [1.165, 1.54) is 0 Å². The van der Waals surface area contributed by atoms with Crippen LogP contribution in [0.25, 0.3) is 22.8 Å². The Hall–Kier alpha value is -3.26. The lowest BCUT2D eigenvalue weighted by atomic mass is 10.1. The van der Waals surface area contributed by atoms with E-state index in [1.807, 2.05) is 31.2 Å². The number of furan rings is 1. The van der Waals surface area contributed by atoms with Gasteiger partial charge in [0, 0.05) is 42.1 Å². The van der Waals surface area contributed by atoms with E-state index in [0.29, 0.717) is 50.5 Å². The Kier molecular flexibility index (Phi) is 7.03. The smallest absolute Gasteiger partial charge is 0.257 e. The SMILES string of the molecule is Cc1ccc(-c2cnc(-c3cc(NC(=O)c4ccc(N5C[C@@H](C)N(C)[C@@H](C)C5)cc4Cl)ccc3Cl)[nH]2)o1. The second-order valence-electron chi connectivity index (χ2n) is 9.64. The average Bonchev–Trinajstić information content (AvgIpc) is 3.52. The summed E-state index contributed by atoms with van der Waals surface area (Å²) in [5.41, 5.74) is 3.41. The molecule has 0 bridgehead atoms. The lowest BCUT2D eigenvalue weighted by Gasteiger charge is -2.43. The molecule has 2 aromatic heterocycles. The Balaban J connectivity index is 1.33. The molecular weight excluding hydrogens is 509 g/mol. The number of aromatic nitrogens is 2. The minimum atomic E-state index is -0.295. The lowest BCUT2D eigenvalue weighted by Crippen LogP contribution is -2.55. The summed E-state index contributed by atoms with van der Waals surface area (Å²) in [5.74, 6) is 1.78. The summed E-state index contributed by atoms with van der Waals surface area (Å²) in [6.45, 7) is 8.13. The fourth-order valence-electron chi connectivity index (χ4n) is 4.65. The Morgan fingerprint density at radius 2 is 1.81 bits per heavy atom. The van der Waals surface area contributed by atoms with E-state index < -0.39 is 0 Å². The number of likely N-dealkylation sites (N-methyl/N-ethyl adjacent to an activating group) is 1. The number of H-pyrrole nitrogens is 1. The number of hydrogen-bond donors (Lipinski definition) is 2. The van der Waals surface area contributed by atoms with Gasteiger partial charge in [-0.15, -0.1) is 0 Å². The highest BCUT2D eigenvalue weighted by molar-refractivity contribution is 6.35. The molecular formula is C28H29Cl2N5O2. The summed E-state index contributed by atoms with van der Waals surface area (Å²) in [7, 11) is 2.15. The van der Waals surface area contributed by atoms with Crippen molar-refractivity contribution < 1.29 is 9.21 Å². The Bertz CT molecular complexity index is 1430. The van der Waals surface area contributed by atoms with Crippen LogP contribution < -0.4 is 10.2 Å². The van der Waals surface area contributed by atoms with Gasteiger partial charge in [-0.05, 0) is 76.3 Å². The monoisotopic (exact) mass is 537 g/mol. The molecule has 4 aromatic rings. The predicted molar refractivity (Wildman–Crippen MR) is 150 cm³/mol. The van der Waals surface area contributed by atoms with E-state index in [2.05, 4.69) is 46.0 Å². The Morgan fingerprint density at radius 3 is 2.49 bits per heavy atom. The van der Waals surface area contributed by atoms with Gasteiger partial charge in [-0.2, -0.15) is 0 Å². The Labute approximate surface area is 226 Å². The molecule has 5 rings (SSSR count). The normalized spacial score (nSPS) is 18.3. The van der Waals surface area contributed by atoms with Crippen LogP contribution in [0.1, 0.15) is 30.0 Å². The summed E-state index contributed by atoms with van der Waals surface area (Å²) in [6, 6.07) is 15.5. The number of carbonyl (C=O) groups is 1. The van der Waals surface area contributed by atoms with E-state index in [1.54, 1.807) is 30.5 Å². The van der Waals surface area contributed by atoms with Crippen molar-refractivity contribution in [3.63, 3.8) is 0 Å². The highest BCUT2D eigenvalue weighted by atomic mass is 35.5. The lowest BCUT2D eigenvalue weighted by molar-refractivity contribution is 0.102. The topological polar surface area (TPSA) is 77.4 Å². The number of benzene rings is 2. The first-order valence-corrected chi connectivity index (χ1v) is 12.9. The van der Waals surface area contributed by atoms with Crippen LogP contribution in [0, 0.1) is 6.92 Å². The molecule has 2 atom stereocenters. The standard InChI is InChI=1S/C28H29Cl2N5O2/c1-16-14-35(15-17(2)34(16)4)20-7-8-21(24(30)12-20)28(36)32-19-6-9-23(29)22(11-19)27-31-13-25(33-27)26-10-5-18(3)37-26/h5-13,16-17H,14-15H2,1-4H3,(H,31,33)(H,32,36)/t16-,17+. The fraction of sp³-hybridized carbons (Fsp3) is 0.286. The molecule has 1 saturated heterocycles. The summed E-state index contributed by atoms with van der Waals surface area (Å²) in [4.78, 5) is 25.5. The molecule has 37 heavy (non-hydrogen) atoms. The van der Waals surface area contributed by atoms with Gasteiger partial charge in [0.2, 0.25) is 0 Å². The van der Waals surface area contributed by atoms with Gasteiger partial charge in [0.15, 0.2) is 5.76 Å². The number of aryl methyl sites for hydroxylation is 1. The number of hydrogen-bond acceptors (Lipinski definition) is 5. The third-order valence-corrected chi connectivity index (χ3v) is 7.63. The van der Waals surface area contributed by atoms with Crippen LogP contribution in [0.15, 0.2) is 59.1 Å². The first kappa shape index (κ1) is 25.4. The third kappa shape index (κ3) is 5.25. The van der Waals surface area contributed by atoms with Gasteiger partial charge < -0.3 is 19.6 Å². The second-order valence-corrected chi connectivity index (χ2v) is 10.5. The third-order valence-electron chi connectivity index (χ3n) is 6.98. The van der Waals surface area contributed by atoms with Crippen LogP contribution in [-0.4, -0.2) is 53.0 Å². The summed E-state index contributed by atoms with van der Waals surface area (Å²) in [6.07, 6.45) is 1.69. The van der Waals surface area contributed by atoms with E-state index in [-0.39, 0.29) is 5.91 Å². The minimum Gasteiger partial charge on any atom is -0.460 e. The molecule has 0 radical (unpaired) electrons. The van der Waals surface area contributed by atoms with Crippen LogP contribution >= 0.6 is 23.2 Å². The molecule has 0 saturated carbocycles. The number of anilines is 2. The number of nitrogens with one attached hydrogen (secondary N) is 2. The quantitative estimate of drug-likeness (QED) is 0.295. The number of imidazole rings is 1. The summed E-state index contributed by atoms with van der Waals surface area (Å²) in [5, 5.41) is 3.85. The van der Waals surface area contributed by atoms with E-state index in [9.17, 15) is 4.79 Å². The molecule has 0 unspecified atom stereocenters. The number of halogens is 2. The average molecular weight is 538 g/mol. The molecule has 192 valence electrons. The molecule has 2 N–H and O–H groups in total. The number of amides is 1. The van der Waals surface area contributed by atoms with Crippen molar-refractivity contribution >= 4 is 40.5 Å². The zero-order chi connectivity index (χ0) is 26.3. The van der Waals surface area contributed by atoms with Crippen molar-refractivity contribution in [2.75, 3.05) is 30.4 Å². The van der Waals surface area contributed by atoms with Crippen molar-refractivity contribution in [1.82, 2.24) is 14.9 Å². The van der Waals surface area contributed by atoms with Crippen LogP contribution in [0.4, 0.5) is 11.4 Å². The van der Waals surface area contributed by atoms with E-state index in [4.69, 9.17) is 27.6 Å². The van der Waals surface area contributed by atoms with Crippen molar-refractivity contribution in [2.24, 2.45) is 0 Å². The number of rotatable bonds is 5. The molecule has 2 aromatic carbocycles. The Morgan fingerprint density at radius 1 is 1.05 bits per heavy atom. The number of aromatic amines is 1. The summed E-state index contributed by atoms with van der Waals surface area (Å²) >= 11 is 13.0. The van der Waals surface area contributed by atoms with Gasteiger partial charge in [0.1, 0.15) is 17.3 Å². The maximum atomic E-state index is 13.1. The van der Waals surface area contributed by atoms with Gasteiger partial charge in [-0.1, -0.05) is 23.2 Å². The predicted octanol–water partition coefficient (Wildman–Crippen LogP) is 6.73. The molecule has 1 aliphatic heterocycles. The number of nitrogens with zero attached hydrogens (tertiary/aromatic N) is 3. The largest absolute Gasteiger partial charge is 0.460 e. The van der Waals surface area contributed by atoms with Gasteiger partial charge in [0.05, 0.1) is 21.8 Å². The van der Waals surface area contributed by atoms with Crippen molar-refractivity contribution in [3.8, 4) is 22.8 Å². The van der Waals surface area contributed by atoms with E-state index >= 15 is 0 Å². The minimum absolute atomic E-state index is 0.295.